The van der Waals surface area contributed by atoms with Gasteiger partial charge >= 0.3 is 5.97 Å². The van der Waals surface area contributed by atoms with Crippen molar-refractivity contribution in [2.24, 2.45) is 10.3 Å². The highest BCUT2D eigenvalue weighted by atomic mass is 19.1. The molecule has 10 heteroatoms. The number of halogens is 1. The van der Waals surface area contributed by atoms with Gasteiger partial charge in [0, 0.05) is 31.2 Å². The molecule has 1 saturated carbocycles. The quantitative estimate of drug-likeness (QED) is 0.802. The van der Waals surface area contributed by atoms with Gasteiger partial charge in [0.25, 0.3) is 0 Å². The maximum Gasteiger partial charge on any atom is 0.341 e. The van der Waals surface area contributed by atoms with E-state index in [0.717, 1.165) is 38.4 Å². The van der Waals surface area contributed by atoms with Crippen LogP contribution in [0.2, 0.25) is 0 Å². The van der Waals surface area contributed by atoms with E-state index >= 15 is 4.39 Å². The van der Waals surface area contributed by atoms with Crippen LogP contribution in [0.4, 0.5) is 10.1 Å². The largest absolute Gasteiger partial charge is 0.477 e. The average molecular weight is 429 g/mol. The molecule has 0 bridgehead atoms. The number of benzene rings is 1. The first-order valence-corrected chi connectivity index (χ1v) is 10.6. The summed E-state index contributed by atoms with van der Waals surface area (Å²) in [7, 11) is 0. The molecule has 2 unspecified atom stereocenters. The van der Waals surface area contributed by atoms with Crippen LogP contribution in [0.5, 0.6) is 0 Å². The van der Waals surface area contributed by atoms with Crippen LogP contribution in [-0.4, -0.2) is 58.6 Å². The number of fused-ring (bicyclic) bond motifs is 2. The summed E-state index contributed by atoms with van der Waals surface area (Å²) in [5.74, 6) is -1.94. The van der Waals surface area contributed by atoms with E-state index in [1.54, 1.807) is 15.6 Å². The Morgan fingerprint density at radius 3 is 2.84 bits per heavy atom. The van der Waals surface area contributed by atoms with Crippen molar-refractivity contribution in [1.82, 2.24) is 9.47 Å². The fraction of sp³-hybridized carbons (Fsp3) is 0.524. The van der Waals surface area contributed by atoms with Gasteiger partial charge in [-0.2, -0.15) is 5.11 Å². The summed E-state index contributed by atoms with van der Waals surface area (Å²) in [5.41, 5.74) is -0.888. The molecule has 5 rings (SSSR count). The van der Waals surface area contributed by atoms with E-state index in [2.05, 4.69) is 15.2 Å². The predicted molar refractivity (Wildman–Crippen MR) is 111 cm³/mol. The summed E-state index contributed by atoms with van der Waals surface area (Å²) in [5, 5.41) is 19.9. The summed E-state index contributed by atoms with van der Waals surface area (Å²) in [6.07, 6.45) is 3.97. The molecule has 31 heavy (non-hydrogen) atoms. The van der Waals surface area contributed by atoms with Crippen molar-refractivity contribution in [3.8, 4) is 0 Å². The number of carboxylic acids is 1. The van der Waals surface area contributed by atoms with Crippen LogP contribution in [-0.2, 0) is 11.3 Å². The van der Waals surface area contributed by atoms with Crippen LogP contribution < -0.4 is 10.4 Å². The van der Waals surface area contributed by atoms with Crippen LogP contribution in [0, 0.1) is 5.82 Å². The molecule has 2 atom stereocenters. The third-order valence-electron chi connectivity index (χ3n) is 6.71. The van der Waals surface area contributed by atoms with E-state index in [0.29, 0.717) is 25.3 Å². The number of morpholine rings is 1. The lowest BCUT2D eigenvalue weighted by Gasteiger charge is -2.46. The van der Waals surface area contributed by atoms with Crippen LogP contribution in [0.3, 0.4) is 0 Å². The summed E-state index contributed by atoms with van der Waals surface area (Å²) >= 11 is 0. The molecule has 0 amide bonds. The monoisotopic (exact) mass is 429 g/mol. The fourth-order valence-electron chi connectivity index (χ4n) is 5.23. The Bertz CT molecular complexity index is 1140. The molecule has 1 aromatic heterocycles. The Morgan fingerprint density at radius 1 is 1.35 bits per heavy atom. The summed E-state index contributed by atoms with van der Waals surface area (Å²) in [6.45, 7) is 4.92. The summed E-state index contributed by atoms with van der Waals surface area (Å²) < 4.78 is 22.6. The Morgan fingerprint density at radius 2 is 2.13 bits per heavy atom. The molecule has 2 aliphatic heterocycles. The summed E-state index contributed by atoms with van der Waals surface area (Å²) in [4.78, 5) is 26.4. The molecule has 2 aromatic rings. The van der Waals surface area contributed by atoms with Crippen LogP contribution in [0.1, 0.15) is 36.5 Å². The number of rotatable bonds is 4. The van der Waals surface area contributed by atoms with Gasteiger partial charge < -0.3 is 14.4 Å². The van der Waals surface area contributed by atoms with Gasteiger partial charge in [-0.3, -0.25) is 9.69 Å². The molecule has 2 fully saturated rings. The molecule has 164 valence electrons. The number of carbonyl (C=O) groups is 1. The Kier molecular flexibility index (Phi) is 4.78. The topological polar surface area (TPSA) is 99.7 Å². The van der Waals surface area contributed by atoms with Crippen molar-refractivity contribution in [1.29, 1.82) is 0 Å². The smallest absolute Gasteiger partial charge is 0.341 e. The van der Waals surface area contributed by atoms with Crippen LogP contribution in [0.15, 0.2) is 33.5 Å². The molecule has 3 aliphatic rings. The number of aryl methyl sites for hydroxylation is 1. The van der Waals surface area contributed by atoms with E-state index in [9.17, 15) is 14.7 Å². The number of aromatic carboxylic acids is 1. The Hall–Kier alpha value is -2.85. The Labute approximate surface area is 177 Å². The summed E-state index contributed by atoms with van der Waals surface area (Å²) in [6, 6.07) is 2.68. The second-order valence-corrected chi connectivity index (χ2v) is 8.19. The predicted octanol–water partition coefficient (Wildman–Crippen LogP) is 2.63. The van der Waals surface area contributed by atoms with Crippen molar-refractivity contribution >= 4 is 22.6 Å². The zero-order valence-corrected chi connectivity index (χ0v) is 17.3. The molecular weight excluding hydrogens is 405 g/mol. The van der Waals surface area contributed by atoms with Crippen LogP contribution >= 0.6 is 0 Å². The lowest BCUT2D eigenvalue weighted by molar-refractivity contribution is -0.0215. The number of ether oxygens (including phenoxy) is 1. The number of anilines is 1. The fourth-order valence-corrected chi connectivity index (χ4v) is 5.23. The molecule has 1 aliphatic carbocycles. The number of carboxylic acid groups (broad SMARTS) is 1. The third kappa shape index (κ3) is 2.89. The highest BCUT2D eigenvalue weighted by Crippen LogP contribution is 2.48. The first-order valence-electron chi connectivity index (χ1n) is 10.6. The number of hydrogen-bond donors (Lipinski definition) is 1. The van der Waals surface area contributed by atoms with E-state index in [1.807, 2.05) is 6.92 Å². The van der Waals surface area contributed by atoms with E-state index in [-0.39, 0.29) is 22.7 Å². The van der Waals surface area contributed by atoms with Gasteiger partial charge in [-0.05, 0) is 38.3 Å². The lowest BCUT2D eigenvalue weighted by Crippen LogP contribution is -2.63. The number of hydrogen-bond acceptors (Lipinski definition) is 7. The van der Waals surface area contributed by atoms with Gasteiger partial charge in [0.05, 0.1) is 18.7 Å². The molecule has 1 N–H and O–H groups in total. The van der Waals surface area contributed by atoms with Crippen molar-refractivity contribution in [3.63, 3.8) is 0 Å². The minimum atomic E-state index is -1.33. The third-order valence-corrected chi connectivity index (χ3v) is 6.71. The second kappa shape index (κ2) is 7.38. The van der Waals surface area contributed by atoms with E-state index < -0.39 is 22.9 Å². The van der Waals surface area contributed by atoms with Gasteiger partial charge in [-0.15, -0.1) is 0 Å². The first-order chi connectivity index (χ1) is 15.0. The molecule has 1 aromatic carbocycles. The SMILES string of the molecule is CCn1cc(C(=O)O)c(=O)c2cc(F)c(N3N=NC4CCCC43N3CCOCC3)cc21. The number of nitrogens with zero attached hydrogens (tertiary/aromatic N) is 5. The molecule has 0 spiro atoms. The zero-order chi connectivity index (χ0) is 21.8. The van der Waals surface area contributed by atoms with Gasteiger partial charge in [0.1, 0.15) is 28.8 Å². The van der Waals surface area contributed by atoms with Crippen molar-refractivity contribution in [3.05, 3.63) is 39.9 Å². The molecular formula is C21H24FN5O4. The maximum atomic E-state index is 15.4. The van der Waals surface area contributed by atoms with E-state index in [1.165, 1.54) is 6.20 Å². The van der Waals surface area contributed by atoms with Gasteiger partial charge in [-0.25, -0.2) is 14.2 Å². The average Bonchev–Trinajstić information content (AvgIpc) is 3.34. The minimum absolute atomic E-state index is 0.0440. The highest BCUT2D eigenvalue weighted by molar-refractivity contribution is 5.93. The normalized spacial score (nSPS) is 26.0. The van der Waals surface area contributed by atoms with Gasteiger partial charge in [0.15, 0.2) is 0 Å². The van der Waals surface area contributed by atoms with Gasteiger partial charge in [-0.1, -0.05) is 5.22 Å². The molecule has 1 saturated heterocycles. The van der Waals surface area contributed by atoms with Crippen molar-refractivity contribution in [2.75, 3.05) is 31.3 Å². The first kappa shape index (κ1) is 20.1. The lowest BCUT2D eigenvalue weighted by atomic mass is 9.99. The number of pyridine rings is 1. The van der Waals surface area contributed by atoms with Crippen molar-refractivity contribution in [2.45, 2.75) is 44.4 Å². The molecule has 3 heterocycles. The minimum Gasteiger partial charge on any atom is -0.477 e. The van der Waals surface area contributed by atoms with E-state index in [4.69, 9.17) is 4.74 Å². The maximum absolute atomic E-state index is 15.4. The second-order valence-electron chi connectivity index (χ2n) is 8.19. The standard InChI is InChI=1S/C21H24FN5O4/c1-2-25-12-14(20(29)30)19(28)13-10-15(22)17(11-16(13)25)27-21(26-6-8-31-9-7-26)5-3-4-18(21)23-24-27/h10-12,18H,2-9H2,1H3,(H,29,30). The Balaban J connectivity index is 1.68. The van der Waals surface area contributed by atoms with Crippen molar-refractivity contribution < 1.29 is 19.0 Å². The highest BCUT2D eigenvalue weighted by Gasteiger charge is 2.56. The van der Waals surface area contributed by atoms with Gasteiger partial charge in [0.2, 0.25) is 5.43 Å². The zero-order valence-electron chi connectivity index (χ0n) is 17.3. The molecule has 0 radical (unpaired) electrons. The van der Waals surface area contributed by atoms with Crippen LogP contribution in [0.25, 0.3) is 10.9 Å². The number of aromatic nitrogens is 1. The molecule has 9 nitrogen and oxygen atoms in total.